The van der Waals surface area contributed by atoms with E-state index in [2.05, 4.69) is 10.1 Å². The summed E-state index contributed by atoms with van der Waals surface area (Å²) in [5.41, 5.74) is 2.39. The summed E-state index contributed by atoms with van der Waals surface area (Å²) in [4.78, 5) is 19.0. The maximum atomic E-state index is 13.2. The van der Waals surface area contributed by atoms with Crippen LogP contribution in [0.2, 0.25) is 5.02 Å². The fourth-order valence-electron chi connectivity index (χ4n) is 3.98. The van der Waals surface area contributed by atoms with Crippen LogP contribution in [-0.4, -0.2) is 22.2 Å². The van der Waals surface area contributed by atoms with Crippen molar-refractivity contribution < 1.29 is 19.0 Å². The van der Waals surface area contributed by atoms with Crippen molar-refractivity contribution in [2.45, 2.75) is 24.7 Å². The van der Waals surface area contributed by atoms with Gasteiger partial charge in [0.15, 0.2) is 5.76 Å². The van der Waals surface area contributed by atoms with Crippen LogP contribution in [0.3, 0.4) is 0 Å². The average Bonchev–Trinajstić information content (AvgIpc) is 3.32. The number of hydrogen-bond donors (Lipinski definition) is 0. The number of carbonyl (C=O) groups excluding carboxylic acids is 1. The molecule has 1 amide bonds. The smallest absolute Gasteiger partial charge is 0.325 e. The van der Waals surface area contributed by atoms with E-state index in [0.29, 0.717) is 38.6 Å². The lowest BCUT2D eigenvalue weighted by molar-refractivity contribution is -0.765. The molecule has 2 aromatic heterocycles. The molecule has 0 fully saturated rings. The Bertz CT molecular complexity index is 1360. The Hall–Kier alpha value is -3.36. The Labute approximate surface area is 199 Å². The number of halogens is 1. The molecule has 33 heavy (non-hydrogen) atoms. The molecule has 0 radical (unpaired) electrons. The minimum Gasteiger partial charge on any atom is -0.854 e. The van der Waals surface area contributed by atoms with Crippen molar-refractivity contribution in [2.75, 3.05) is 11.2 Å². The number of fused-ring (bicyclic) bond motifs is 3. The van der Waals surface area contributed by atoms with Crippen LogP contribution in [0.5, 0.6) is 5.88 Å². The maximum absolute atomic E-state index is 13.2. The van der Waals surface area contributed by atoms with Crippen LogP contribution >= 0.6 is 23.4 Å². The molecule has 2 aromatic carbocycles. The molecule has 4 aromatic rings. The van der Waals surface area contributed by atoms with Gasteiger partial charge < -0.3 is 9.52 Å². The first kappa shape index (κ1) is 21.5. The van der Waals surface area contributed by atoms with Crippen LogP contribution in [0.1, 0.15) is 25.3 Å². The van der Waals surface area contributed by atoms with E-state index in [9.17, 15) is 9.90 Å². The molecule has 1 atom stereocenters. The zero-order valence-corrected chi connectivity index (χ0v) is 19.4. The summed E-state index contributed by atoms with van der Waals surface area (Å²) in [6.07, 6.45) is 1.30. The predicted molar refractivity (Wildman–Crippen MR) is 124 cm³/mol. The van der Waals surface area contributed by atoms with E-state index in [1.165, 1.54) is 11.8 Å². The molecular weight excluding hydrogens is 460 g/mol. The van der Waals surface area contributed by atoms with Crippen molar-refractivity contribution in [3.63, 3.8) is 0 Å². The lowest BCUT2D eigenvalue weighted by atomic mass is 10.0. The van der Waals surface area contributed by atoms with Crippen LogP contribution in [-0.2, 0) is 4.79 Å². The highest BCUT2D eigenvalue weighted by Crippen LogP contribution is 2.41. The molecule has 1 unspecified atom stereocenters. The third-order valence-electron chi connectivity index (χ3n) is 5.48. The van der Waals surface area contributed by atoms with Gasteiger partial charge in [-0.05, 0) is 59.5 Å². The number of aromatic nitrogens is 3. The molecule has 5 rings (SSSR count). The van der Waals surface area contributed by atoms with E-state index in [0.717, 1.165) is 5.56 Å². The Morgan fingerprint density at radius 3 is 2.67 bits per heavy atom. The molecule has 0 N–H and O–H groups in total. The van der Waals surface area contributed by atoms with Gasteiger partial charge in [0.1, 0.15) is 5.76 Å². The number of rotatable bonds is 4. The molecule has 0 spiro atoms. The van der Waals surface area contributed by atoms with Crippen LogP contribution < -0.4 is 14.7 Å². The highest BCUT2D eigenvalue weighted by molar-refractivity contribution is 7.98. The summed E-state index contributed by atoms with van der Waals surface area (Å²) >= 11 is 7.28. The number of furan rings is 1. The lowest BCUT2D eigenvalue weighted by Crippen LogP contribution is -2.59. The number of carbonyl (C=O) groups is 1. The number of para-hydroxylation sites is 1. The molecule has 1 aliphatic rings. The summed E-state index contributed by atoms with van der Waals surface area (Å²) in [5, 5.41) is 18.6. The van der Waals surface area contributed by atoms with Gasteiger partial charge in [0.2, 0.25) is 5.91 Å². The van der Waals surface area contributed by atoms with Gasteiger partial charge in [-0.15, -0.1) is 0 Å². The standard InChI is InChI=1S/C24H19ClN4O3S/c1-3-20(30)28-17-7-5-4-6-16(17)21-22(31)26-24(33-2)27-29(21)23(28)19-13-12-18(32-19)14-8-10-15(25)11-9-14/h4-13,23H,3H2,1-2H3. The molecule has 3 heterocycles. The summed E-state index contributed by atoms with van der Waals surface area (Å²) in [7, 11) is 0. The van der Waals surface area contributed by atoms with Gasteiger partial charge in [-0.2, -0.15) is 0 Å². The minimum atomic E-state index is -0.773. The zero-order valence-electron chi connectivity index (χ0n) is 17.9. The first-order valence-electron chi connectivity index (χ1n) is 10.3. The maximum Gasteiger partial charge on any atom is 0.325 e. The van der Waals surface area contributed by atoms with Crippen LogP contribution in [0.15, 0.2) is 70.2 Å². The fraction of sp³-hybridized carbons (Fsp3) is 0.167. The van der Waals surface area contributed by atoms with Gasteiger partial charge in [-0.1, -0.05) is 42.4 Å². The van der Waals surface area contributed by atoms with E-state index in [1.807, 2.05) is 36.4 Å². The zero-order chi connectivity index (χ0) is 23.1. The summed E-state index contributed by atoms with van der Waals surface area (Å²) in [6.45, 7) is 1.80. The highest BCUT2D eigenvalue weighted by atomic mass is 35.5. The highest BCUT2D eigenvalue weighted by Gasteiger charge is 2.46. The quantitative estimate of drug-likeness (QED) is 0.318. The largest absolute Gasteiger partial charge is 0.854 e. The van der Waals surface area contributed by atoms with Gasteiger partial charge in [0.25, 0.3) is 10.9 Å². The van der Waals surface area contributed by atoms with Gasteiger partial charge >= 0.3 is 6.17 Å². The predicted octanol–water partition coefficient (Wildman–Crippen LogP) is 4.44. The van der Waals surface area contributed by atoms with Crippen LogP contribution in [0, 0.1) is 0 Å². The van der Waals surface area contributed by atoms with E-state index in [1.54, 1.807) is 47.0 Å². The van der Waals surface area contributed by atoms with Crippen molar-refractivity contribution in [1.82, 2.24) is 10.1 Å². The molecule has 0 aliphatic carbocycles. The lowest BCUT2D eigenvalue weighted by Gasteiger charge is -2.32. The van der Waals surface area contributed by atoms with Crippen molar-refractivity contribution in [3.05, 3.63) is 71.4 Å². The molecule has 0 saturated heterocycles. The normalized spacial score (nSPS) is 14.6. The third-order valence-corrected chi connectivity index (χ3v) is 6.27. The second-order valence-electron chi connectivity index (χ2n) is 7.41. The third kappa shape index (κ3) is 3.65. The Balaban J connectivity index is 1.74. The van der Waals surface area contributed by atoms with E-state index in [-0.39, 0.29) is 12.3 Å². The number of amides is 1. The average molecular weight is 479 g/mol. The second-order valence-corrected chi connectivity index (χ2v) is 8.62. The van der Waals surface area contributed by atoms with Gasteiger partial charge in [0.05, 0.1) is 17.1 Å². The van der Waals surface area contributed by atoms with Crippen LogP contribution in [0.25, 0.3) is 22.6 Å². The van der Waals surface area contributed by atoms with Crippen molar-refractivity contribution in [1.29, 1.82) is 0 Å². The van der Waals surface area contributed by atoms with Gasteiger partial charge in [-0.3, -0.25) is 4.79 Å². The first-order valence-corrected chi connectivity index (χ1v) is 11.9. The molecular formula is C24H19ClN4O3S. The molecule has 166 valence electrons. The Morgan fingerprint density at radius 1 is 1.18 bits per heavy atom. The summed E-state index contributed by atoms with van der Waals surface area (Å²) in [6, 6.07) is 18.2. The van der Waals surface area contributed by atoms with Crippen LogP contribution in [0.4, 0.5) is 5.69 Å². The second kappa shape index (κ2) is 8.53. The first-order chi connectivity index (χ1) is 16.0. The summed E-state index contributed by atoms with van der Waals surface area (Å²) < 4.78 is 7.79. The summed E-state index contributed by atoms with van der Waals surface area (Å²) in [5.74, 6) is 0.576. The van der Waals surface area contributed by atoms with Crippen molar-refractivity contribution >= 4 is 35.0 Å². The van der Waals surface area contributed by atoms with E-state index in [4.69, 9.17) is 16.0 Å². The number of anilines is 1. The number of benzene rings is 2. The molecule has 0 saturated carbocycles. The molecule has 7 nitrogen and oxygen atoms in total. The minimum absolute atomic E-state index is 0.119. The Morgan fingerprint density at radius 2 is 1.94 bits per heavy atom. The van der Waals surface area contributed by atoms with E-state index >= 15 is 0 Å². The number of nitrogens with zero attached hydrogens (tertiary/aromatic N) is 4. The van der Waals surface area contributed by atoms with Crippen molar-refractivity contribution in [3.8, 4) is 28.5 Å². The topological polar surface area (TPSA) is 86.2 Å². The molecule has 9 heteroatoms. The fourth-order valence-corrected chi connectivity index (χ4v) is 4.45. The number of hydrogen-bond acceptors (Lipinski definition) is 6. The number of thioether (sulfide) groups is 1. The monoisotopic (exact) mass is 478 g/mol. The molecule has 1 aliphatic heterocycles. The van der Waals surface area contributed by atoms with E-state index < -0.39 is 12.0 Å². The SMILES string of the molecule is CCC(=O)N1c2ccccc2-c2c([O-])nc(SC)n[n+]2C1c1ccc(-c2ccc(Cl)cc2)o1. The van der Waals surface area contributed by atoms with Gasteiger partial charge in [0, 0.05) is 22.1 Å². The molecule has 0 bridgehead atoms. The van der Waals surface area contributed by atoms with Crippen molar-refractivity contribution in [2.24, 2.45) is 0 Å². The van der Waals surface area contributed by atoms with Gasteiger partial charge in [-0.25, -0.2) is 9.88 Å². The Kier molecular flexibility index (Phi) is 5.55.